The molecule has 0 unspecified atom stereocenters. The summed E-state index contributed by atoms with van der Waals surface area (Å²) in [5.74, 6) is 0.422. The van der Waals surface area contributed by atoms with E-state index in [0.29, 0.717) is 26.8 Å². The normalized spacial score (nSPS) is 11.3. The fourth-order valence-corrected chi connectivity index (χ4v) is 3.03. The van der Waals surface area contributed by atoms with Gasteiger partial charge in [0.15, 0.2) is 3.95 Å². The monoisotopic (exact) mass is 334 g/mol. The van der Waals surface area contributed by atoms with Crippen LogP contribution < -0.4 is 0 Å². The number of aliphatic imine (C=N–C) groups is 1. The summed E-state index contributed by atoms with van der Waals surface area (Å²) in [5.41, 5.74) is 0.595. The highest BCUT2D eigenvalue weighted by Gasteiger charge is 2.11. The Morgan fingerprint density at radius 2 is 2.09 bits per heavy atom. The molecule has 2 heterocycles. The van der Waals surface area contributed by atoms with Gasteiger partial charge in [-0.2, -0.15) is 0 Å². The standard InChI is InChI=1S/C15H11FN2O2S2/c16-10-3-5-11(6-4-10)17-8-13-14(19)18(15(21)22-13)9-12-2-1-7-20-12/h1-8,19H,9H2. The Hall–Kier alpha value is -2.25. The number of nitrogens with zero attached hydrogens (tertiary/aromatic N) is 2. The smallest absolute Gasteiger partial charge is 0.212 e. The molecular formula is C15H11FN2O2S2. The van der Waals surface area contributed by atoms with E-state index in [0.717, 1.165) is 0 Å². The van der Waals surface area contributed by atoms with Crippen LogP contribution >= 0.6 is 23.6 Å². The molecular weight excluding hydrogens is 323 g/mol. The first-order valence-corrected chi connectivity index (χ1v) is 7.60. The molecule has 3 rings (SSSR count). The second-order valence-electron chi connectivity index (χ2n) is 4.46. The molecule has 1 aromatic carbocycles. The molecule has 0 spiro atoms. The third kappa shape index (κ3) is 3.15. The lowest BCUT2D eigenvalue weighted by atomic mass is 10.3. The molecule has 3 aromatic rings. The molecule has 0 aliphatic carbocycles. The van der Waals surface area contributed by atoms with Crippen LogP contribution in [0.4, 0.5) is 10.1 Å². The highest BCUT2D eigenvalue weighted by atomic mass is 32.1. The van der Waals surface area contributed by atoms with Crippen LogP contribution in [-0.4, -0.2) is 15.9 Å². The van der Waals surface area contributed by atoms with Crippen LogP contribution in [0.2, 0.25) is 0 Å². The van der Waals surface area contributed by atoms with Gasteiger partial charge in [0.1, 0.15) is 16.5 Å². The topological polar surface area (TPSA) is 50.7 Å². The molecule has 7 heteroatoms. The third-order valence-corrected chi connectivity index (χ3v) is 4.32. The van der Waals surface area contributed by atoms with Crippen LogP contribution in [0, 0.1) is 9.77 Å². The Kier molecular flexibility index (Phi) is 4.17. The number of rotatable bonds is 4. The van der Waals surface area contributed by atoms with Gasteiger partial charge in [0.05, 0.1) is 24.7 Å². The molecule has 1 N–H and O–H groups in total. The van der Waals surface area contributed by atoms with E-state index in [1.54, 1.807) is 29.0 Å². The average Bonchev–Trinajstić information content (AvgIpc) is 3.11. The maximum Gasteiger partial charge on any atom is 0.212 e. The van der Waals surface area contributed by atoms with Crippen molar-refractivity contribution in [2.75, 3.05) is 0 Å². The van der Waals surface area contributed by atoms with Gasteiger partial charge in [-0.15, -0.1) is 0 Å². The third-order valence-electron chi connectivity index (χ3n) is 2.95. The molecule has 22 heavy (non-hydrogen) atoms. The van der Waals surface area contributed by atoms with Crippen LogP contribution in [0.15, 0.2) is 52.1 Å². The van der Waals surface area contributed by atoms with Gasteiger partial charge in [-0.25, -0.2) is 4.39 Å². The number of hydrogen-bond acceptors (Lipinski definition) is 5. The maximum atomic E-state index is 12.8. The molecule has 112 valence electrons. The highest BCUT2D eigenvalue weighted by molar-refractivity contribution is 7.73. The molecule has 0 aliphatic rings. The van der Waals surface area contributed by atoms with E-state index in [9.17, 15) is 9.50 Å². The van der Waals surface area contributed by atoms with Gasteiger partial charge >= 0.3 is 0 Å². The SMILES string of the molecule is Oc1c(C=Nc2ccc(F)cc2)sc(=S)n1Cc1ccco1. The van der Waals surface area contributed by atoms with Gasteiger partial charge in [-0.1, -0.05) is 11.3 Å². The van der Waals surface area contributed by atoms with E-state index >= 15 is 0 Å². The fourth-order valence-electron chi connectivity index (χ4n) is 1.86. The molecule has 0 radical (unpaired) electrons. The van der Waals surface area contributed by atoms with Crippen molar-refractivity contribution in [3.05, 3.63) is 63.1 Å². The van der Waals surface area contributed by atoms with Gasteiger partial charge in [-0.3, -0.25) is 9.56 Å². The molecule has 0 aliphatic heterocycles. The molecule has 0 saturated carbocycles. The second kappa shape index (κ2) is 6.25. The van der Waals surface area contributed by atoms with Crippen molar-refractivity contribution in [1.82, 2.24) is 4.57 Å². The van der Waals surface area contributed by atoms with Crippen molar-refractivity contribution in [2.45, 2.75) is 6.54 Å². The number of aromatic hydroxyl groups is 1. The van der Waals surface area contributed by atoms with Gasteiger partial charge in [-0.05, 0) is 48.6 Å². The van der Waals surface area contributed by atoms with E-state index in [-0.39, 0.29) is 11.7 Å². The largest absolute Gasteiger partial charge is 0.493 e. The summed E-state index contributed by atoms with van der Waals surface area (Å²) in [6.45, 7) is 0.360. The van der Waals surface area contributed by atoms with Gasteiger partial charge < -0.3 is 9.52 Å². The lowest BCUT2D eigenvalue weighted by Crippen LogP contribution is -1.97. The quantitative estimate of drug-likeness (QED) is 0.564. The molecule has 0 atom stereocenters. The summed E-state index contributed by atoms with van der Waals surface area (Å²) >= 11 is 6.50. The average molecular weight is 334 g/mol. The van der Waals surface area contributed by atoms with E-state index < -0.39 is 0 Å². The zero-order valence-corrected chi connectivity index (χ0v) is 12.9. The summed E-state index contributed by atoms with van der Waals surface area (Å²) in [6.07, 6.45) is 3.08. The Balaban J connectivity index is 1.86. The van der Waals surface area contributed by atoms with Gasteiger partial charge in [0, 0.05) is 0 Å². The lowest BCUT2D eigenvalue weighted by molar-refractivity contribution is 0.407. The number of benzene rings is 1. The first kappa shape index (κ1) is 14.7. The van der Waals surface area contributed by atoms with Crippen LogP contribution in [0.5, 0.6) is 5.88 Å². The summed E-state index contributed by atoms with van der Waals surface area (Å²) in [6, 6.07) is 9.36. The van der Waals surface area contributed by atoms with Crippen molar-refractivity contribution in [3.8, 4) is 5.88 Å². The zero-order valence-electron chi connectivity index (χ0n) is 11.3. The second-order valence-corrected chi connectivity index (χ2v) is 6.13. The summed E-state index contributed by atoms with van der Waals surface area (Å²) in [7, 11) is 0. The first-order valence-electron chi connectivity index (χ1n) is 6.38. The minimum absolute atomic E-state index is 0.0391. The van der Waals surface area contributed by atoms with E-state index in [1.165, 1.54) is 29.7 Å². The number of hydrogen-bond donors (Lipinski definition) is 1. The van der Waals surface area contributed by atoms with Crippen LogP contribution in [0.1, 0.15) is 10.6 Å². The molecule has 0 bridgehead atoms. The fraction of sp³-hybridized carbons (Fsp3) is 0.0667. The van der Waals surface area contributed by atoms with Crippen molar-refractivity contribution < 1.29 is 13.9 Å². The minimum Gasteiger partial charge on any atom is -0.493 e. The first-order chi connectivity index (χ1) is 10.6. The van der Waals surface area contributed by atoms with Crippen molar-refractivity contribution >= 4 is 35.5 Å². The van der Waals surface area contributed by atoms with E-state index in [4.69, 9.17) is 16.6 Å². The van der Waals surface area contributed by atoms with Gasteiger partial charge in [0.2, 0.25) is 5.88 Å². The molecule has 0 saturated heterocycles. The lowest BCUT2D eigenvalue weighted by Gasteiger charge is -2.01. The Morgan fingerprint density at radius 1 is 1.32 bits per heavy atom. The number of thiazole rings is 1. The highest BCUT2D eigenvalue weighted by Crippen LogP contribution is 2.26. The predicted octanol–water partition coefficient (Wildman–Crippen LogP) is 4.52. The number of furan rings is 1. The minimum atomic E-state index is -0.318. The predicted molar refractivity (Wildman–Crippen MR) is 86.3 cm³/mol. The van der Waals surface area contributed by atoms with Crippen LogP contribution in [0.25, 0.3) is 0 Å². The molecule has 2 aromatic heterocycles. The van der Waals surface area contributed by atoms with Crippen molar-refractivity contribution in [3.63, 3.8) is 0 Å². The van der Waals surface area contributed by atoms with Crippen molar-refractivity contribution in [2.24, 2.45) is 4.99 Å². The summed E-state index contributed by atoms with van der Waals surface area (Å²) in [5, 5.41) is 10.2. The molecule has 0 amide bonds. The molecule has 0 fully saturated rings. The van der Waals surface area contributed by atoms with Crippen LogP contribution in [-0.2, 0) is 6.54 Å². The molecule has 4 nitrogen and oxygen atoms in total. The Labute approximate surface area is 134 Å². The van der Waals surface area contributed by atoms with Crippen LogP contribution in [0.3, 0.4) is 0 Å². The van der Waals surface area contributed by atoms with Gasteiger partial charge in [0.25, 0.3) is 0 Å². The van der Waals surface area contributed by atoms with E-state index in [2.05, 4.69) is 4.99 Å². The number of halogens is 1. The van der Waals surface area contributed by atoms with Crippen molar-refractivity contribution in [1.29, 1.82) is 0 Å². The van der Waals surface area contributed by atoms with E-state index in [1.807, 2.05) is 6.07 Å². The Morgan fingerprint density at radius 3 is 2.77 bits per heavy atom. The summed E-state index contributed by atoms with van der Waals surface area (Å²) in [4.78, 5) is 4.75. The maximum absolute atomic E-state index is 12.8. The Bertz CT molecular complexity index is 849. The zero-order chi connectivity index (χ0) is 15.5. The number of aromatic nitrogens is 1. The summed E-state index contributed by atoms with van der Waals surface area (Å²) < 4.78 is 20.2.